The van der Waals surface area contributed by atoms with Gasteiger partial charge in [0.1, 0.15) is 5.75 Å². The highest BCUT2D eigenvalue weighted by Crippen LogP contribution is 2.28. The summed E-state index contributed by atoms with van der Waals surface area (Å²) in [6.45, 7) is -1.79. The van der Waals surface area contributed by atoms with Gasteiger partial charge in [0.05, 0.1) is 18.8 Å². The second-order valence-corrected chi connectivity index (χ2v) is 4.29. The normalized spacial score (nSPS) is 14.1. The van der Waals surface area contributed by atoms with Crippen LogP contribution >= 0.6 is 0 Å². The van der Waals surface area contributed by atoms with E-state index in [2.05, 4.69) is 10.6 Å². The van der Waals surface area contributed by atoms with Crippen LogP contribution in [0.5, 0.6) is 5.75 Å². The Morgan fingerprint density at radius 3 is 2.95 bits per heavy atom. The molecule has 1 aromatic rings. The molecule has 0 aromatic heterocycles. The van der Waals surface area contributed by atoms with Gasteiger partial charge in [-0.25, -0.2) is 8.78 Å². The molecule has 2 amide bonds. The van der Waals surface area contributed by atoms with Crippen molar-refractivity contribution in [1.82, 2.24) is 5.32 Å². The first-order valence-corrected chi connectivity index (χ1v) is 5.84. The largest absolute Gasteiger partial charge is 0.482 e. The number of rotatable bonds is 4. The van der Waals surface area contributed by atoms with Crippen molar-refractivity contribution >= 4 is 17.5 Å². The van der Waals surface area contributed by atoms with E-state index < -0.39 is 24.9 Å². The van der Waals surface area contributed by atoms with Gasteiger partial charge in [0.2, 0.25) is 0 Å². The van der Waals surface area contributed by atoms with Crippen LogP contribution in [0.15, 0.2) is 18.2 Å². The van der Waals surface area contributed by atoms with E-state index in [1.165, 1.54) is 18.2 Å². The fourth-order valence-electron chi connectivity index (χ4n) is 1.61. The molecule has 1 aromatic carbocycles. The van der Waals surface area contributed by atoms with Gasteiger partial charge >= 0.3 is 0 Å². The molecule has 0 aliphatic carbocycles. The third-order valence-corrected chi connectivity index (χ3v) is 2.68. The Labute approximate surface area is 113 Å². The number of amides is 2. The van der Waals surface area contributed by atoms with Crippen molar-refractivity contribution in [2.24, 2.45) is 5.73 Å². The first-order valence-electron chi connectivity index (χ1n) is 5.84. The van der Waals surface area contributed by atoms with Crippen molar-refractivity contribution in [3.05, 3.63) is 23.8 Å². The van der Waals surface area contributed by atoms with E-state index in [0.717, 1.165) is 0 Å². The summed E-state index contributed by atoms with van der Waals surface area (Å²) >= 11 is 0. The van der Waals surface area contributed by atoms with E-state index in [4.69, 9.17) is 10.5 Å². The monoisotopic (exact) mass is 285 g/mol. The van der Waals surface area contributed by atoms with E-state index in [1.807, 2.05) is 0 Å². The summed E-state index contributed by atoms with van der Waals surface area (Å²) in [6, 6.07) is 4.28. The molecule has 0 saturated carbocycles. The van der Waals surface area contributed by atoms with Crippen LogP contribution in [0.4, 0.5) is 14.5 Å². The van der Waals surface area contributed by atoms with Crippen LogP contribution in [0.3, 0.4) is 0 Å². The first-order chi connectivity index (χ1) is 9.41. The quantitative estimate of drug-likeness (QED) is 0.743. The van der Waals surface area contributed by atoms with Crippen LogP contribution in [0.1, 0.15) is 10.4 Å². The highest BCUT2D eigenvalue weighted by molar-refractivity contribution is 5.99. The fraction of sp³-hybridized carbons (Fsp3) is 0.333. The van der Waals surface area contributed by atoms with Gasteiger partial charge in [-0.05, 0) is 18.2 Å². The average Bonchev–Trinajstić information content (AvgIpc) is 2.44. The number of ether oxygens (including phenoxy) is 1. The maximum atomic E-state index is 12.9. The Hall–Kier alpha value is -2.22. The van der Waals surface area contributed by atoms with Crippen molar-refractivity contribution < 1.29 is 23.1 Å². The summed E-state index contributed by atoms with van der Waals surface area (Å²) in [5, 5.41) is 4.61. The lowest BCUT2D eigenvalue weighted by molar-refractivity contribution is -0.118. The van der Waals surface area contributed by atoms with Gasteiger partial charge in [-0.15, -0.1) is 0 Å². The molecular formula is C12H13F2N3O3. The Kier molecular flexibility index (Phi) is 3.84. The molecule has 0 saturated heterocycles. The number of hydrogen-bond donors (Lipinski definition) is 3. The predicted octanol–water partition coefficient (Wildman–Crippen LogP) is 0.341. The zero-order valence-electron chi connectivity index (χ0n) is 10.4. The summed E-state index contributed by atoms with van der Waals surface area (Å²) in [4.78, 5) is 22.9. The van der Waals surface area contributed by atoms with Gasteiger partial charge in [0.25, 0.3) is 17.7 Å². The van der Waals surface area contributed by atoms with Crippen LogP contribution in [-0.4, -0.2) is 37.4 Å². The molecule has 1 heterocycles. The molecule has 0 spiro atoms. The molecule has 0 bridgehead atoms. The van der Waals surface area contributed by atoms with E-state index in [1.54, 1.807) is 0 Å². The van der Waals surface area contributed by atoms with Crippen LogP contribution in [-0.2, 0) is 4.79 Å². The van der Waals surface area contributed by atoms with Gasteiger partial charge in [-0.2, -0.15) is 0 Å². The summed E-state index contributed by atoms with van der Waals surface area (Å²) in [6.07, 6.45) is 0. The standard InChI is InChI=1S/C12H13F2N3O3/c13-12(14,5-15)6-16-11(19)7-1-2-9-8(3-7)17-10(18)4-20-9/h1-3H,4-6,15H2,(H,16,19)(H,17,18). The number of benzene rings is 1. The summed E-state index contributed by atoms with van der Waals surface area (Å²) in [5.74, 6) is -3.75. The SMILES string of the molecule is NCC(F)(F)CNC(=O)c1ccc2c(c1)NC(=O)CO2. The lowest BCUT2D eigenvalue weighted by atomic mass is 10.1. The van der Waals surface area contributed by atoms with Crippen LogP contribution in [0.2, 0.25) is 0 Å². The van der Waals surface area contributed by atoms with Gasteiger partial charge in [0.15, 0.2) is 6.61 Å². The van der Waals surface area contributed by atoms with Crippen LogP contribution < -0.4 is 21.1 Å². The topological polar surface area (TPSA) is 93.5 Å². The van der Waals surface area contributed by atoms with Crippen LogP contribution in [0.25, 0.3) is 0 Å². The third-order valence-electron chi connectivity index (χ3n) is 2.68. The molecular weight excluding hydrogens is 272 g/mol. The highest BCUT2D eigenvalue weighted by Gasteiger charge is 2.27. The molecule has 108 valence electrons. The smallest absolute Gasteiger partial charge is 0.277 e. The minimum atomic E-state index is -3.15. The zero-order valence-corrected chi connectivity index (χ0v) is 10.4. The fourth-order valence-corrected chi connectivity index (χ4v) is 1.61. The third kappa shape index (κ3) is 3.21. The summed E-state index contributed by atoms with van der Waals surface area (Å²) < 4.78 is 31.0. The molecule has 0 radical (unpaired) electrons. The zero-order chi connectivity index (χ0) is 14.8. The van der Waals surface area contributed by atoms with Crippen LogP contribution in [0, 0.1) is 0 Å². The second kappa shape index (κ2) is 5.41. The number of alkyl halides is 2. The Morgan fingerprint density at radius 2 is 2.25 bits per heavy atom. The first kappa shape index (κ1) is 14.2. The van der Waals surface area contributed by atoms with E-state index >= 15 is 0 Å². The van der Waals surface area contributed by atoms with E-state index in [-0.39, 0.29) is 18.1 Å². The van der Waals surface area contributed by atoms with E-state index in [9.17, 15) is 18.4 Å². The number of nitrogens with one attached hydrogen (secondary N) is 2. The second-order valence-electron chi connectivity index (χ2n) is 4.29. The highest BCUT2D eigenvalue weighted by atomic mass is 19.3. The number of nitrogens with two attached hydrogens (primary N) is 1. The predicted molar refractivity (Wildman–Crippen MR) is 66.9 cm³/mol. The number of halogens is 2. The molecule has 6 nitrogen and oxygen atoms in total. The van der Waals surface area contributed by atoms with Crippen molar-refractivity contribution in [2.75, 3.05) is 25.0 Å². The number of carbonyl (C=O) groups is 2. The molecule has 4 N–H and O–H groups in total. The molecule has 1 aliphatic heterocycles. The maximum Gasteiger partial charge on any atom is 0.277 e. The summed E-state index contributed by atoms with van der Waals surface area (Å²) in [7, 11) is 0. The number of hydrogen-bond acceptors (Lipinski definition) is 4. The van der Waals surface area contributed by atoms with Gasteiger partial charge in [-0.1, -0.05) is 0 Å². The van der Waals surface area contributed by atoms with Crippen molar-refractivity contribution in [1.29, 1.82) is 0 Å². The summed E-state index contributed by atoms with van der Waals surface area (Å²) in [5.41, 5.74) is 5.35. The van der Waals surface area contributed by atoms with Crippen molar-refractivity contribution in [2.45, 2.75) is 5.92 Å². The Bertz CT molecular complexity index is 549. The molecule has 0 unspecified atom stereocenters. The number of anilines is 1. The lowest BCUT2D eigenvalue weighted by Gasteiger charge is -2.19. The minimum Gasteiger partial charge on any atom is -0.482 e. The molecule has 20 heavy (non-hydrogen) atoms. The number of fused-ring (bicyclic) bond motifs is 1. The average molecular weight is 285 g/mol. The van der Waals surface area contributed by atoms with Gasteiger partial charge in [-0.3, -0.25) is 9.59 Å². The molecule has 8 heteroatoms. The Morgan fingerprint density at radius 1 is 1.50 bits per heavy atom. The molecule has 1 aliphatic rings. The molecule has 2 rings (SSSR count). The number of carbonyl (C=O) groups excluding carboxylic acids is 2. The minimum absolute atomic E-state index is 0.0960. The Balaban J connectivity index is 2.08. The van der Waals surface area contributed by atoms with Crippen molar-refractivity contribution in [3.8, 4) is 5.75 Å². The van der Waals surface area contributed by atoms with Gasteiger partial charge < -0.3 is 21.1 Å². The lowest BCUT2D eigenvalue weighted by Crippen LogP contribution is -2.41. The molecule has 0 atom stereocenters. The van der Waals surface area contributed by atoms with E-state index in [0.29, 0.717) is 11.4 Å². The van der Waals surface area contributed by atoms with Gasteiger partial charge in [0, 0.05) is 5.56 Å². The molecule has 0 fully saturated rings. The van der Waals surface area contributed by atoms with Crippen molar-refractivity contribution in [3.63, 3.8) is 0 Å². The maximum absolute atomic E-state index is 12.9.